The molecule has 2 aliphatic heterocycles. The van der Waals surface area contributed by atoms with Crippen molar-refractivity contribution in [1.29, 1.82) is 0 Å². The van der Waals surface area contributed by atoms with Gasteiger partial charge in [-0.15, -0.1) is 22.7 Å². The number of imidazole rings is 2. The Bertz CT molecular complexity index is 2450. The number of nitrogens with one attached hydrogen (secondary N) is 4. The molecule has 16 heteroatoms. The fourth-order valence-electron chi connectivity index (χ4n) is 6.99. The minimum absolute atomic E-state index is 0.00565. The van der Waals surface area contributed by atoms with Gasteiger partial charge in [-0.05, 0) is 60.1 Å². The molecular formula is C49H63N9O5S2. The van der Waals surface area contributed by atoms with Crippen LogP contribution in [0, 0.1) is 0 Å². The van der Waals surface area contributed by atoms with Crippen LogP contribution in [0.3, 0.4) is 0 Å². The molecule has 0 spiro atoms. The summed E-state index contributed by atoms with van der Waals surface area (Å²) in [5.74, 6) is 4.92. The van der Waals surface area contributed by atoms with Gasteiger partial charge in [-0.1, -0.05) is 94.8 Å². The van der Waals surface area contributed by atoms with Crippen molar-refractivity contribution in [1.82, 2.24) is 40.5 Å². The van der Waals surface area contributed by atoms with Crippen LogP contribution in [0.5, 0.6) is 0 Å². The largest absolute Gasteiger partial charge is 0.471 e. The summed E-state index contributed by atoms with van der Waals surface area (Å²) in [4.78, 5) is 62.1. The number of carbonyl (C=O) groups is 4. The van der Waals surface area contributed by atoms with Crippen LogP contribution in [-0.4, -0.2) is 93.8 Å². The predicted octanol–water partition coefficient (Wildman–Crippen LogP) is 9.35. The predicted molar refractivity (Wildman–Crippen MR) is 265 cm³/mol. The Balaban J connectivity index is 0.000000214. The molecule has 1 atom stereocenters. The van der Waals surface area contributed by atoms with Gasteiger partial charge in [0.2, 0.25) is 17.7 Å². The molecule has 2 fully saturated rings. The van der Waals surface area contributed by atoms with Crippen LogP contribution >= 0.6 is 22.7 Å². The second-order valence-electron chi connectivity index (χ2n) is 14.7. The highest BCUT2D eigenvalue weighted by atomic mass is 32.1. The molecule has 65 heavy (non-hydrogen) atoms. The zero-order chi connectivity index (χ0) is 47.0. The molecule has 7 aromatic rings. The Morgan fingerprint density at radius 1 is 0.815 bits per heavy atom. The minimum Gasteiger partial charge on any atom is -0.471 e. The van der Waals surface area contributed by atoms with Crippen LogP contribution < -0.4 is 16.6 Å². The molecule has 0 saturated carbocycles. The zero-order valence-electron chi connectivity index (χ0n) is 38.3. The van der Waals surface area contributed by atoms with E-state index in [1.54, 1.807) is 12.7 Å². The second kappa shape index (κ2) is 27.9. The molecule has 3 amide bonds. The molecule has 3 aromatic carbocycles. The number of ether oxygens (including phenoxy) is 1. The number of hydrazine groups is 1. The molecule has 9 rings (SSSR count). The van der Waals surface area contributed by atoms with Crippen LogP contribution in [-0.2, 0) is 23.9 Å². The van der Waals surface area contributed by atoms with Crippen molar-refractivity contribution in [2.45, 2.75) is 72.8 Å². The lowest BCUT2D eigenvalue weighted by Gasteiger charge is -2.23. The molecule has 6 heterocycles. The third kappa shape index (κ3) is 14.9. The monoisotopic (exact) mass is 921 g/mol. The maximum atomic E-state index is 12.4. The van der Waals surface area contributed by atoms with Crippen LogP contribution in [0.4, 0.5) is 0 Å². The highest BCUT2D eigenvalue weighted by Gasteiger charge is 2.28. The summed E-state index contributed by atoms with van der Waals surface area (Å²) in [6.45, 7) is 13.7. The lowest BCUT2D eigenvalue weighted by molar-refractivity contribution is -0.135. The number of hydrogen-bond donors (Lipinski definition) is 5. The zero-order valence-corrected chi connectivity index (χ0v) is 39.9. The number of nitrogens with zero attached hydrogens (tertiary/aromatic N) is 4. The number of thiophene rings is 2. The second-order valence-corrected chi connectivity index (χ2v) is 16.5. The number of carbonyl (C=O) groups excluding carboxylic acids is 4. The third-order valence-electron chi connectivity index (χ3n) is 9.97. The van der Waals surface area contributed by atoms with Crippen LogP contribution in [0.2, 0.25) is 0 Å². The van der Waals surface area contributed by atoms with Crippen molar-refractivity contribution in [2.24, 2.45) is 5.84 Å². The SMILES string of the molecule is CC.CC(=O)NC(C(=O)N1CCCC1)c1ccccc1.CCC.COC=O.NNCC(=O)N1CCCC1.c1ncc(-c2ccc(-c3csc4c(-c5ccc6nc[nH]c6c5)csc34)cc2)[nH]1. The molecule has 0 bridgehead atoms. The van der Waals surface area contributed by atoms with E-state index in [1.807, 2.05) is 82.8 Å². The van der Waals surface area contributed by atoms with Gasteiger partial charge in [0, 0.05) is 55.0 Å². The van der Waals surface area contributed by atoms with Crippen molar-refractivity contribution in [3.8, 4) is 33.5 Å². The number of methoxy groups -OCH3 is 1. The van der Waals surface area contributed by atoms with E-state index in [-0.39, 0.29) is 24.3 Å². The number of amides is 3. The van der Waals surface area contributed by atoms with Crippen molar-refractivity contribution < 1.29 is 23.9 Å². The number of nitrogens with two attached hydrogens (primary N) is 1. The Labute approximate surface area is 390 Å². The van der Waals surface area contributed by atoms with E-state index in [1.165, 1.54) is 52.1 Å². The number of benzene rings is 3. The van der Waals surface area contributed by atoms with E-state index < -0.39 is 6.04 Å². The van der Waals surface area contributed by atoms with Gasteiger partial charge in [0.15, 0.2) is 0 Å². The van der Waals surface area contributed by atoms with Crippen LogP contribution in [0.25, 0.3) is 53.9 Å². The molecular weight excluding hydrogens is 859 g/mol. The molecule has 1 unspecified atom stereocenters. The quantitative estimate of drug-likeness (QED) is 0.0533. The van der Waals surface area contributed by atoms with Crippen LogP contribution in [0.15, 0.2) is 102 Å². The summed E-state index contributed by atoms with van der Waals surface area (Å²) in [6, 6.07) is 23.9. The molecule has 0 aliphatic carbocycles. The van der Waals surface area contributed by atoms with Crippen molar-refractivity contribution in [3.05, 3.63) is 108 Å². The molecule has 2 saturated heterocycles. The summed E-state index contributed by atoms with van der Waals surface area (Å²) < 4.78 is 6.55. The topological polar surface area (TPSA) is 191 Å². The number of likely N-dealkylation sites (tertiary alicyclic amines) is 2. The van der Waals surface area contributed by atoms with Crippen LogP contribution in [0.1, 0.15) is 78.3 Å². The van der Waals surface area contributed by atoms with Gasteiger partial charge in [0.25, 0.3) is 6.47 Å². The number of rotatable bonds is 9. The van der Waals surface area contributed by atoms with Gasteiger partial charge in [-0.3, -0.25) is 30.4 Å². The number of H-pyrrole nitrogens is 2. The highest BCUT2D eigenvalue weighted by molar-refractivity contribution is 7.27. The first-order valence-corrected chi connectivity index (χ1v) is 23.8. The third-order valence-corrected chi connectivity index (χ3v) is 12.1. The van der Waals surface area contributed by atoms with E-state index >= 15 is 0 Å². The molecule has 2 aliphatic rings. The smallest absolute Gasteiger partial charge is 0.292 e. The minimum atomic E-state index is -0.554. The Kier molecular flexibility index (Phi) is 22.1. The van der Waals surface area contributed by atoms with Crippen molar-refractivity contribution >= 4 is 67.3 Å². The van der Waals surface area contributed by atoms with Crippen molar-refractivity contribution in [3.63, 3.8) is 0 Å². The van der Waals surface area contributed by atoms with E-state index in [4.69, 9.17) is 10.6 Å². The van der Waals surface area contributed by atoms with E-state index in [0.717, 1.165) is 79.7 Å². The number of aromatic amines is 2. The average molecular weight is 922 g/mol. The van der Waals surface area contributed by atoms with E-state index in [2.05, 4.69) is 102 Å². The van der Waals surface area contributed by atoms with Gasteiger partial charge >= 0.3 is 0 Å². The molecule has 14 nitrogen and oxygen atoms in total. The first-order chi connectivity index (χ1) is 31.7. The number of hydrogen-bond acceptors (Lipinski definition) is 11. The first kappa shape index (κ1) is 51.4. The van der Waals surface area contributed by atoms with Gasteiger partial charge in [0.05, 0.1) is 58.6 Å². The van der Waals surface area contributed by atoms with Gasteiger partial charge in [0.1, 0.15) is 6.04 Å². The molecule has 4 aromatic heterocycles. The Morgan fingerprint density at radius 3 is 1.91 bits per heavy atom. The van der Waals surface area contributed by atoms with Crippen molar-refractivity contribution in [2.75, 3.05) is 39.8 Å². The van der Waals surface area contributed by atoms with E-state index in [0.29, 0.717) is 6.47 Å². The summed E-state index contributed by atoms with van der Waals surface area (Å²) in [6.07, 6.45) is 10.9. The molecule has 346 valence electrons. The summed E-state index contributed by atoms with van der Waals surface area (Å²) in [5, 5.41) is 7.28. The van der Waals surface area contributed by atoms with Gasteiger partial charge in [-0.2, -0.15) is 0 Å². The number of aromatic nitrogens is 4. The van der Waals surface area contributed by atoms with E-state index in [9.17, 15) is 14.4 Å². The van der Waals surface area contributed by atoms with Gasteiger partial charge < -0.3 is 29.8 Å². The van der Waals surface area contributed by atoms with Gasteiger partial charge in [-0.25, -0.2) is 9.97 Å². The lowest BCUT2D eigenvalue weighted by Crippen LogP contribution is -2.41. The maximum absolute atomic E-state index is 12.4. The fourth-order valence-corrected chi connectivity index (χ4v) is 9.45. The summed E-state index contributed by atoms with van der Waals surface area (Å²) in [7, 11) is 1.31. The fraction of sp³-hybridized carbons (Fsp3) is 0.347. The summed E-state index contributed by atoms with van der Waals surface area (Å²) >= 11 is 3.63. The Hall–Kier alpha value is -6.20. The highest BCUT2D eigenvalue weighted by Crippen LogP contribution is 2.44. The molecule has 0 radical (unpaired) electrons. The average Bonchev–Trinajstić information content (AvgIpc) is 4.20. The Morgan fingerprint density at radius 2 is 1.37 bits per heavy atom. The first-order valence-electron chi connectivity index (χ1n) is 22.0. The summed E-state index contributed by atoms with van der Waals surface area (Å²) in [5.41, 5.74) is 12.5. The standard InChI is InChI=1S/C22H14N4S2.C14H18N2O2.C6H13N3O.C3H8.C2H4O2.C2H6/c1-3-14(20-8-23-11-24-20)4-2-13(1)16-9-27-22-17(10-28-21(16)22)15-5-6-18-19(7-15)26-12-25-18;1-11(17)15-13(12-7-3-2-4-8-12)14(18)16-9-5-6-10-16;7-8-5-6(10)9-3-1-2-4-9;1-3-2;1-4-2-3;1-2/h1-12H,(H,23,24)(H,25,26);2-4,7-8,13H,5-6,9-10H2,1H3,(H,15,17);8H,1-5,7H2;3H2,1-2H3;2H,1H3;1-2H3. The number of fused-ring (bicyclic) bond motifs is 2. The molecule has 6 N–H and O–H groups in total. The lowest BCUT2D eigenvalue weighted by atomic mass is 10.0. The maximum Gasteiger partial charge on any atom is 0.292 e. The normalized spacial score (nSPS) is 13.0.